The highest BCUT2D eigenvalue weighted by molar-refractivity contribution is 6.30. The number of hydrogen-bond donors (Lipinski definition) is 2. The van der Waals surface area contributed by atoms with E-state index in [0.717, 1.165) is 30.9 Å². The standard InChI is InChI=1S/C15H22ClN3O2/c1-11-7-12(16)3-4-14(11)18-15(20)10-19-5-6-21-13(9-19)8-17-2/h3-4,7,13,17H,5-6,8-10H2,1-2H3,(H,18,20). The van der Waals surface area contributed by atoms with Crippen molar-refractivity contribution in [1.29, 1.82) is 0 Å². The molecule has 1 fully saturated rings. The van der Waals surface area contributed by atoms with Crippen LogP contribution in [0.5, 0.6) is 0 Å². The predicted octanol–water partition coefficient (Wildman–Crippen LogP) is 1.51. The summed E-state index contributed by atoms with van der Waals surface area (Å²) in [6.07, 6.45) is 0.147. The highest BCUT2D eigenvalue weighted by Gasteiger charge is 2.21. The fraction of sp³-hybridized carbons (Fsp3) is 0.533. The lowest BCUT2D eigenvalue weighted by Gasteiger charge is -2.32. The maximum absolute atomic E-state index is 12.1. The van der Waals surface area contributed by atoms with Gasteiger partial charge in [-0.1, -0.05) is 11.6 Å². The normalized spacial score (nSPS) is 19.5. The van der Waals surface area contributed by atoms with Crippen molar-refractivity contribution < 1.29 is 9.53 Å². The maximum Gasteiger partial charge on any atom is 0.238 e. The Labute approximate surface area is 130 Å². The van der Waals surface area contributed by atoms with E-state index in [2.05, 4.69) is 15.5 Å². The molecule has 2 N–H and O–H groups in total. The van der Waals surface area contributed by atoms with Crippen molar-refractivity contribution in [3.63, 3.8) is 0 Å². The van der Waals surface area contributed by atoms with E-state index in [1.165, 1.54) is 0 Å². The fourth-order valence-corrected chi connectivity index (χ4v) is 2.66. The number of hydrogen-bond acceptors (Lipinski definition) is 4. The van der Waals surface area contributed by atoms with Crippen LogP contribution >= 0.6 is 11.6 Å². The van der Waals surface area contributed by atoms with Crippen LogP contribution in [0.25, 0.3) is 0 Å². The Morgan fingerprint density at radius 1 is 1.52 bits per heavy atom. The quantitative estimate of drug-likeness (QED) is 0.865. The van der Waals surface area contributed by atoms with Crippen LogP contribution in [0, 0.1) is 6.92 Å². The van der Waals surface area contributed by atoms with Gasteiger partial charge >= 0.3 is 0 Å². The van der Waals surface area contributed by atoms with Gasteiger partial charge in [-0.15, -0.1) is 0 Å². The van der Waals surface area contributed by atoms with Gasteiger partial charge < -0.3 is 15.4 Å². The monoisotopic (exact) mass is 311 g/mol. The summed E-state index contributed by atoms with van der Waals surface area (Å²) in [5, 5.41) is 6.71. The molecule has 1 aromatic carbocycles. The largest absolute Gasteiger partial charge is 0.374 e. The average molecular weight is 312 g/mol. The smallest absolute Gasteiger partial charge is 0.238 e. The number of nitrogens with one attached hydrogen (secondary N) is 2. The van der Waals surface area contributed by atoms with Gasteiger partial charge in [0.2, 0.25) is 5.91 Å². The van der Waals surface area contributed by atoms with Gasteiger partial charge in [-0.2, -0.15) is 0 Å². The third-order valence-corrected chi connectivity index (χ3v) is 3.72. The molecule has 0 aromatic heterocycles. The molecule has 0 saturated carbocycles. The van der Waals surface area contributed by atoms with Crippen molar-refractivity contribution in [2.24, 2.45) is 0 Å². The van der Waals surface area contributed by atoms with Crippen LogP contribution in [0.15, 0.2) is 18.2 Å². The summed E-state index contributed by atoms with van der Waals surface area (Å²) < 4.78 is 5.63. The molecule has 1 amide bonds. The van der Waals surface area contributed by atoms with Gasteiger partial charge in [0, 0.05) is 30.3 Å². The number of halogens is 1. The summed E-state index contributed by atoms with van der Waals surface area (Å²) in [7, 11) is 1.90. The van der Waals surface area contributed by atoms with E-state index in [9.17, 15) is 4.79 Å². The maximum atomic E-state index is 12.1. The van der Waals surface area contributed by atoms with Crippen LogP contribution in [0.3, 0.4) is 0 Å². The van der Waals surface area contributed by atoms with Crippen LogP contribution in [0.2, 0.25) is 5.02 Å². The summed E-state index contributed by atoms with van der Waals surface area (Å²) in [6, 6.07) is 5.45. The molecule has 1 atom stereocenters. The van der Waals surface area contributed by atoms with E-state index in [1.807, 2.05) is 26.1 Å². The Morgan fingerprint density at radius 3 is 3.05 bits per heavy atom. The average Bonchev–Trinajstić information content (AvgIpc) is 2.43. The minimum absolute atomic E-state index is 0.00877. The number of amides is 1. The number of rotatable bonds is 5. The molecular weight excluding hydrogens is 290 g/mol. The van der Waals surface area contributed by atoms with Crippen LogP contribution in [-0.4, -0.2) is 56.7 Å². The molecule has 21 heavy (non-hydrogen) atoms. The second kappa shape index (κ2) is 7.75. The number of benzene rings is 1. The van der Waals surface area contributed by atoms with Crippen molar-refractivity contribution >= 4 is 23.2 Å². The summed E-state index contributed by atoms with van der Waals surface area (Å²) in [4.78, 5) is 14.3. The fourth-order valence-electron chi connectivity index (χ4n) is 2.44. The molecule has 0 spiro atoms. The number of aryl methyl sites for hydroxylation is 1. The summed E-state index contributed by atoms with van der Waals surface area (Å²) in [5.74, 6) is -0.00877. The van der Waals surface area contributed by atoms with Gasteiger partial charge in [-0.3, -0.25) is 9.69 Å². The van der Waals surface area contributed by atoms with Crippen LogP contribution in [0.4, 0.5) is 5.69 Å². The zero-order chi connectivity index (χ0) is 15.2. The Hall–Kier alpha value is -1.14. The van der Waals surface area contributed by atoms with Crippen molar-refractivity contribution in [1.82, 2.24) is 10.2 Å². The first-order valence-electron chi connectivity index (χ1n) is 7.13. The van der Waals surface area contributed by atoms with E-state index in [0.29, 0.717) is 18.2 Å². The first-order chi connectivity index (χ1) is 10.1. The molecule has 116 valence electrons. The second-order valence-corrected chi connectivity index (χ2v) is 5.73. The minimum Gasteiger partial charge on any atom is -0.374 e. The van der Waals surface area contributed by atoms with Crippen molar-refractivity contribution in [2.45, 2.75) is 13.0 Å². The molecule has 6 heteroatoms. The van der Waals surface area contributed by atoms with Gasteiger partial charge in [0.05, 0.1) is 19.3 Å². The Morgan fingerprint density at radius 2 is 2.33 bits per heavy atom. The molecule has 0 bridgehead atoms. The molecule has 1 aliphatic heterocycles. The first-order valence-corrected chi connectivity index (χ1v) is 7.51. The van der Waals surface area contributed by atoms with Gasteiger partial charge in [-0.25, -0.2) is 0 Å². The number of likely N-dealkylation sites (N-methyl/N-ethyl adjacent to an activating group) is 1. The number of ether oxygens (including phenoxy) is 1. The van der Waals surface area contributed by atoms with E-state index in [1.54, 1.807) is 6.07 Å². The Kier molecular flexibility index (Phi) is 5.99. The molecular formula is C15H22ClN3O2. The SMILES string of the molecule is CNCC1CN(CC(=O)Nc2ccc(Cl)cc2C)CCO1. The number of anilines is 1. The van der Waals surface area contributed by atoms with Gasteiger partial charge in [0.1, 0.15) is 0 Å². The lowest BCUT2D eigenvalue weighted by atomic mass is 10.2. The zero-order valence-electron chi connectivity index (χ0n) is 12.5. The van der Waals surface area contributed by atoms with E-state index < -0.39 is 0 Å². The Bertz CT molecular complexity index is 494. The van der Waals surface area contributed by atoms with Gasteiger partial charge in [0.25, 0.3) is 0 Å². The molecule has 1 saturated heterocycles. The second-order valence-electron chi connectivity index (χ2n) is 5.29. The highest BCUT2D eigenvalue weighted by Crippen LogP contribution is 2.19. The van der Waals surface area contributed by atoms with Gasteiger partial charge in [-0.05, 0) is 37.7 Å². The number of carbonyl (C=O) groups excluding carboxylic acids is 1. The third-order valence-electron chi connectivity index (χ3n) is 3.48. The molecule has 2 rings (SSSR count). The molecule has 0 aliphatic carbocycles. The minimum atomic E-state index is -0.00877. The zero-order valence-corrected chi connectivity index (χ0v) is 13.2. The summed E-state index contributed by atoms with van der Waals surface area (Å²) in [5.41, 5.74) is 1.77. The molecule has 5 nitrogen and oxygen atoms in total. The van der Waals surface area contributed by atoms with Gasteiger partial charge in [0.15, 0.2) is 0 Å². The van der Waals surface area contributed by atoms with Crippen LogP contribution in [0.1, 0.15) is 5.56 Å². The van der Waals surface area contributed by atoms with E-state index >= 15 is 0 Å². The first kappa shape index (κ1) is 16.2. The predicted molar refractivity (Wildman–Crippen MR) is 84.9 cm³/mol. The highest BCUT2D eigenvalue weighted by atomic mass is 35.5. The molecule has 0 radical (unpaired) electrons. The topological polar surface area (TPSA) is 53.6 Å². The van der Waals surface area contributed by atoms with Crippen molar-refractivity contribution in [3.05, 3.63) is 28.8 Å². The molecule has 1 heterocycles. The van der Waals surface area contributed by atoms with E-state index in [4.69, 9.17) is 16.3 Å². The van der Waals surface area contributed by atoms with Crippen LogP contribution < -0.4 is 10.6 Å². The molecule has 1 unspecified atom stereocenters. The van der Waals surface area contributed by atoms with Crippen LogP contribution in [-0.2, 0) is 9.53 Å². The molecule has 1 aromatic rings. The molecule has 1 aliphatic rings. The number of morpholine rings is 1. The summed E-state index contributed by atoms with van der Waals surface area (Å²) in [6.45, 7) is 5.33. The van der Waals surface area contributed by atoms with E-state index in [-0.39, 0.29) is 12.0 Å². The lowest BCUT2D eigenvalue weighted by Crippen LogP contribution is -2.48. The lowest BCUT2D eigenvalue weighted by molar-refractivity contribution is -0.119. The Balaban J connectivity index is 1.86. The number of nitrogens with zero attached hydrogens (tertiary/aromatic N) is 1. The van der Waals surface area contributed by atoms with Crippen molar-refractivity contribution in [2.75, 3.05) is 45.2 Å². The third kappa shape index (κ3) is 4.97. The van der Waals surface area contributed by atoms with Crippen molar-refractivity contribution in [3.8, 4) is 0 Å². The number of carbonyl (C=O) groups is 1. The summed E-state index contributed by atoms with van der Waals surface area (Å²) >= 11 is 5.91.